The highest BCUT2D eigenvalue weighted by atomic mass is 16.6. The predicted octanol–water partition coefficient (Wildman–Crippen LogP) is 1.81. The summed E-state index contributed by atoms with van der Waals surface area (Å²) in [6, 6.07) is 5.74. The maximum atomic E-state index is 10.3. The van der Waals surface area contributed by atoms with E-state index in [0.717, 1.165) is 6.29 Å². The van der Waals surface area contributed by atoms with Crippen LogP contribution in [0.25, 0.3) is 0 Å². The Morgan fingerprint density at radius 2 is 2.07 bits per heavy atom. The van der Waals surface area contributed by atoms with E-state index in [1.54, 1.807) is 6.92 Å². The topological polar surface area (TPSA) is 69.4 Å². The largest absolute Gasteiger partial charge is 0.493 e. The average molecular weight is 209 g/mol. The first-order valence-corrected chi connectivity index (χ1v) is 4.46. The molecule has 0 saturated carbocycles. The molecule has 0 radical (unpaired) electrons. The fourth-order valence-electron chi connectivity index (χ4n) is 0.931. The van der Waals surface area contributed by atoms with Gasteiger partial charge in [-0.15, -0.1) is 0 Å². The molecule has 0 aliphatic carbocycles. The van der Waals surface area contributed by atoms with E-state index in [4.69, 9.17) is 4.74 Å². The van der Waals surface area contributed by atoms with E-state index in [1.165, 1.54) is 24.3 Å². The van der Waals surface area contributed by atoms with Crippen molar-refractivity contribution in [3.63, 3.8) is 0 Å². The number of hydrogen-bond acceptors (Lipinski definition) is 4. The zero-order valence-electron chi connectivity index (χ0n) is 8.25. The van der Waals surface area contributed by atoms with Crippen molar-refractivity contribution >= 4 is 12.0 Å². The van der Waals surface area contributed by atoms with Crippen molar-refractivity contribution in [2.24, 2.45) is 5.92 Å². The van der Waals surface area contributed by atoms with Crippen molar-refractivity contribution < 1.29 is 14.5 Å². The van der Waals surface area contributed by atoms with Gasteiger partial charge in [-0.2, -0.15) is 0 Å². The van der Waals surface area contributed by atoms with E-state index < -0.39 is 4.92 Å². The van der Waals surface area contributed by atoms with Crippen LogP contribution in [0.15, 0.2) is 24.3 Å². The van der Waals surface area contributed by atoms with Gasteiger partial charge in [-0.25, -0.2) is 0 Å². The summed E-state index contributed by atoms with van der Waals surface area (Å²) in [5.41, 5.74) is 0.0192. The number of nitrogens with zero attached hydrogens (tertiary/aromatic N) is 1. The molecule has 0 bridgehead atoms. The molecule has 0 spiro atoms. The van der Waals surface area contributed by atoms with E-state index >= 15 is 0 Å². The Bertz CT molecular complexity index is 347. The molecule has 80 valence electrons. The number of nitro groups is 1. The second-order valence-corrected chi connectivity index (χ2v) is 3.18. The van der Waals surface area contributed by atoms with Crippen LogP contribution in [0.2, 0.25) is 0 Å². The summed E-state index contributed by atoms with van der Waals surface area (Å²) in [6.45, 7) is 2.01. The first kappa shape index (κ1) is 11.2. The minimum Gasteiger partial charge on any atom is -0.493 e. The van der Waals surface area contributed by atoms with Crippen LogP contribution in [0.5, 0.6) is 5.75 Å². The molecule has 1 aromatic carbocycles. The van der Waals surface area contributed by atoms with E-state index in [9.17, 15) is 14.9 Å². The highest BCUT2D eigenvalue weighted by molar-refractivity contribution is 5.52. The SMILES string of the molecule is CC(C=O)COc1ccc([N+](=O)[O-])cc1. The summed E-state index contributed by atoms with van der Waals surface area (Å²) in [5.74, 6) is 0.342. The van der Waals surface area contributed by atoms with E-state index in [1.807, 2.05) is 0 Å². The molecule has 15 heavy (non-hydrogen) atoms. The van der Waals surface area contributed by atoms with Crippen molar-refractivity contribution in [2.75, 3.05) is 6.61 Å². The predicted molar refractivity (Wildman–Crippen MR) is 53.8 cm³/mol. The van der Waals surface area contributed by atoms with Gasteiger partial charge in [0.05, 0.1) is 11.5 Å². The van der Waals surface area contributed by atoms with Gasteiger partial charge >= 0.3 is 0 Å². The van der Waals surface area contributed by atoms with Gasteiger partial charge in [0.1, 0.15) is 12.0 Å². The van der Waals surface area contributed by atoms with E-state index in [0.29, 0.717) is 5.75 Å². The Hall–Kier alpha value is -1.91. The molecule has 1 atom stereocenters. The lowest BCUT2D eigenvalue weighted by Gasteiger charge is -2.06. The Balaban J connectivity index is 2.57. The highest BCUT2D eigenvalue weighted by Gasteiger charge is 2.05. The Morgan fingerprint density at radius 3 is 2.53 bits per heavy atom. The number of ether oxygens (including phenoxy) is 1. The van der Waals surface area contributed by atoms with Crippen LogP contribution in [0.1, 0.15) is 6.92 Å². The summed E-state index contributed by atoms with van der Waals surface area (Å²) in [4.78, 5) is 20.2. The zero-order valence-corrected chi connectivity index (χ0v) is 8.25. The Kier molecular flexibility index (Phi) is 3.79. The molecule has 0 heterocycles. The summed E-state index contributed by atoms with van der Waals surface area (Å²) in [5, 5.41) is 10.3. The molecular weight excluding hydrogens is 198 g/mol. The molecule has 5 nitrogen and oxygen atoms in total. The first-order chi connectivity index (χ1) is 7.13. The molecule has 1 unspecified atom stereocenters. The maximum Gasteiger partial charge on any atom is 0.269 e. The third-order valence-electron chi connectivity index (χ3n) is 1.79. The number of carbonyl (C=O) groups excluding carboxylic acids is 1. The van der Waals surface area contributed by atoms with Gasteiger partial charge in [0, 0.05) is 18.1 Å². The summed E-state index contributed by atoms with van der Waals surface area (Å²) in [6.07, 6.45) is 0.797. The van der Waals surface area contributed by atoms with Gasteiger partial charge in [0.15, 0.2) is 0 Å². The lowest BCUT2D eigenvalue weighted by Crippen LogP contribution is -2.09. The minimum atomic E-state index is -0.474. The zero-order chi connectivity index (χ0) is 11.3. The molecule has 0 aliphatic rings. The Labute approximate surface area is 86.8 Å². The van der Waals surface area contributed by atoms with Crippen LogP contribution in [0.3, 0.4) is 0 Å². The second-order valence-electron chi connectivity index (χ2n) is 3.18. The molecule has 0 saturated heterocycles. The van der Waals surface area contributed by atoms with Crippen molar-refractivity contribution in [3.8, 4) is 5.75 Å². The van der Waals surface area contributed by atoms with Crippen LogP contribution < -0.4 is 4.74 Å². The molecule has 0 aromatic heterocycles. The molecule has 0 amide bonds. The van der Waals surface area contributed by atoms with Gasteiger partial charge in [-0.05, 0) is 12.1 Å². The first-order valence-electron chi connectivity index (χ1n) is 4.46. The van der Waals surface area contributed by atoms with Crippen molar-refractivity contribution in [3.05, 3.63) is 34.4 Å². The second kappa shape index (κ2) is 5.09. The lowest BCUT2D eigenvalue weighted by molar-refractivity contribution is -0.384. The molecule has 1 aromatic rings. The van der Waals surface area contributed by atoms with Crippen molar-refractivity contribution in [1.29, 1.82) is 0 Å². The number of benzene rings is 1. The molecule has 0 N–H and O–H groups in total. The Morgan fingerprint density at radius 1 is 1.47 bits per heavy atom. The van der Waals surface area contributed by atoms with Gasteiger partial charge in [0.2, 0.25) is 0 Å². The molecule has 5 heteroatoms. The normalized spacial score (nSPS) is 11.8. The van der Waals surface area contributed by atoms with Gasteiger partial charge < -0.3 is 9.53 Å². The third kappa shape index (κ3) is 3.38. The summed E-state index contributed by atoms with van der Waals surface area (Å²) >= 11 is 0. The van der Waals surface area contributed by atoms with Gasteiger partial charge in [0.25, 0.3) is 5.69 Å². The fraction of sp³-hybridized carbons (Fsp3) is 0.300. The minimum absolute atomic E-state index is 0.0192. The maximum absolute atomic E-state index is 10.3. The van der Waals surface area contributed by atoms with E-state index in [2.05, 4.69) is 0 Å². The van der Waals surface area contributed by atoms with Gasteiger partial charge in [-0.3, -0.25) is 10.1 Å². The number of rotatable bonds is 5. The molecule has 1 rings (SSSR count). The standard InChI is InChI=1S/C10H11NO4/c1-8(6-12)7-15-10-4-2-9(3-5-10)11(13)14/h2-6,8H,7H2,1H3. The summed E-state index contributed by atoms with van der Waals surface area (Å²) < 4.78 is 5.24. The summed E-state index contributed by atoms with van der Waals surface area (Å²) in [7, 11) is 0. The molecular formula is C10H11NO4. The highest BCUT2D eigenvalue weighted by Crippen LogP contribution is 2.17. The van der Waals surface area contributed by atoms with Crippen LogP contribution in [-0.2, 0) is 4.79 Å². The van der Waals surface area contributed by atoms with Crippen LogP contribution in [-0.4, -0.2) is 17.8 Å². The fourth-order valence-corrected chi connectivity index (χ4v) is 0.931. The van der Waals surface area contributed by atoms with Gasteiger partial charge in [-0.1, -0.05) is 6.92 Å². The van der Waals surface area contributed by atoms with Crippen LogP contribution in [0, 0.1) is 16.0 Å². The van der Waals surface area contributed by atoms with E-state index in [-0.39, 0.29) is 18.2 Å². The van der Waals surface area contributed by atoms with Crippen LogP contribution in [0.4, 0.5) is 5.69 Å². The number of aldehydes is 1. The monoisotopic (exact) mass is 209 g/mol. The lowest BCUT2D eigenvalue weighted by atomic mass is 10.2. The third-order valence-corrected chi connectivity index (χ3v) is 1.79. The number of carbonyl (C=O) groups is 1. The molecule has 0 fully saturated rings. The smallest absolute Gasteiger partial charge is 0.269 e. The number of nitro benzene ring substituents is 1. The number of hydrogen-bond donors (Lipinski definition) is 0. The van der Waals surface area contributed by atoms with Crippen molar-refractivity contribution in [1.82, 2.24) is 0 Å². The average Bonchev–Trinajstić information content (AvgIpc) is 2.26. The van der Waals surface area contributed by atoms with Crippen LogP contribution >= 0.6 is 0 Å². The number of non-ortho nitro benzene ring substituents is 1. The van der Waals surface area contributed by atoms with Crippen molar-refractivity contribution in [2.45, 2.75) is 6.92 Å². The quantitative estimate of drug-likeness (QED) is 0.421. The molecule has 0 aliphatic heterocycles.